The van der Waals surface area contributed by atoms with Crippen molar-refractivity contribution in [1.82, 2.24) is 5.32 Å². The molecule has 15 heavy (non-hydrogen) atoms. The molecule has 0 spiro atoms. The Labute approximate surface area is 90.1 Å². The van der Waals surface area contributed by atoms with Gasteiger partial charge in [-0.15, -0.1) is 0 Å². The summed E-state index contributed by atoms with van der Waals surface area (Å²) in [6, 6.07) is 9.50. The number of rotatable bonds is 3. The van der Waals surface area contributed by atoms with E-state index in [4.69, 9.17) is 9.90 Å². The van der Waals surface area contributed by atoms with Crippen molar-refractivity contribution >= 4 is 6.47 Å². The minimum absolute atomic E-state index is 0.250. The molecule has 0 amide bonds. The summed E-state index contributed by atoms with van der Waals surface area (Å²) < 4.78 is 0. The van der Waals surface area contributed by atoms with Gasteiger partial charge < -0.3 is 10.4 Å². The topological polar surface area (TPSA) is 49.3 Å². The molecule has 0 aromatic heterocycles. The van der Waals surface area contributed by atoms with Crippen LogP contribution in [-0.4, -0.2) is 17.6 Å². The summed E-state index contributed by atoms with van der Waals surface area (Å²) in [5.41, 5.74) is 2.76. The third kappa shape index (κ3) is 5.18. The fourth-order valence-electron chi connectivity index (χ4n) is 1.37. The molecule has 3 nitrogen and oxygen atoms in total. The molecule has 1 aromatic carbocycles. The molecule has 0 unspecified atom stereocenters. The van der Waals surface area contributed by atoms with Gasteiger partial charge in [0.1, 0.15) is 0 Å². The standard InChI is InChI=1S/C11H15N.CH2O2/c1-9-3-2-4-10(7-9)8-12-11-5-6-11;2-1-3/h2-4,7,11-12H,5-6,8H2,1H3;1H,(H,2,3). The minimum Gasteiger partial charge on any atom is -0.483 e. The van der Waals surface area contributed by atoms with Crippen molar-refractivity contribution in [3.63, 3.8) is 0 Å². The van der Waals surface area contributed by atoms with Gasteiger partial charge in [0.05, 0.1) is 0 Å². The van der Waals surface area contributed by atoms with Crippen molar-refractivity contribution in [3.05, 3.63) is 35.4 Å². The van der Waals surface area contributed by atoms with Crippen LogP contribution in [0.25, 0.3) is 0 Å². The monoisotopic (exact) mass is 207 g/mol. The zero-order chi connectivity index (χ0) is 11.1. The Kier molecular flexibility index (Phi) is 4.84. The molecule has 1 aliphatic carbocycles. The van der Waals surface area contributed by atoms with Crippen LogP contribution < -0.4 is 5.32 Å². The molecule has 2 rings (SSSR count). The summed E-state index contributed by atoms with van der Waals surface area (Å²) in [6.45, 7) is 2.92. The molecule has 0 bridgehead atoms. The molecule has 2 N–H and O–H groups in total. The Morgan fingerprint density at radius 1 is 1.53 bits per heavy atom. The molecule has 1 aromatic rings. The van der Waals surface area contributed by atoms with Crippen LogP contribution in [0.5, 0.6) is 0 Å². The summed E-state index contributed by atoms with van der Waals surface area (Å²) >= 11 is 0. The van der Waals surface area contributed by atoms with E-state index in [2.05, 4.69) is 36.5 Å². The number of benzene rings is 1. The van der Waals surface area contributed by atoms with Crippen LogP contribution in [0.1, 0.15) is 24.0 Å². The molecular weight excluding hydrogens is 190 g/mol. The first kappa shape index (κ1) is 11.7. The zero-order valence-electron chi connectivity index (χ0n) is 8.94. The van der Waals surface area contributed by atoms with E-state index in [9.17, 15) is 0 Å². The van der Waals surface area contributed by atoms with Crippen molar-refractivity contribution in [1.29, 1.82) is 0 Å². The average molecular weight is 207 g/mol. The van der Waals surface area contributed by atoms with E-state index < -0.39 is 0 Å². The molecular formula is C12H17NO2. The van der Waals surface area contributed by atoms with Gasteiger partial charge in [0, 0.05) is 12.6 Å². The van der Waals surface area contributed by atoms with E-state index in [1.807, 2.05) is 0 Å². The second-order valence-corrected chi connectivity index (χ2v) is 3.75. The SMILES string of the molecule is Cc1cccc(CNC2CC2)c1.O=CO. The molecule has 1 fully saturated rings. The Hall–Kier alpha value is -1.35. The third-order valence-corrected chi connectivity index (χ3v) is 2.25. The Bertz CT molecular complexity index is 308. The second-order valence-electron chi connectivity index (χ2n) is 3.75. The van der Waals surface area contributed by atoms with Crippen molar-refractivity contribution in [2.75, 3.05) is 0 Å². The lowest BCUT2D eigenvalue weighted by Crippen LogP contribution is -2.15. The number of carboxylic acid groups (broad SMARTS) is 1. The predicted octanol–water partition coefficient (Wildman–Crippen LogP) is 1.95. The largest absolute Gasteiger partial charge is 0.483 e. The quantitative estimate of drug-likeness (QED) is 0.745. The number of nitrogens with one attached hydrogen (secondary N) is 1. The molecule has 0 saturated heterocycles. The van der Waals surface area contributed by atoms with Gasteiger partial charge >= 0.3 is 0 Å². The molecule has 1 aliphatic rings. The first-order valence-electron chi connectivity index (χ1n) is 5.13. The number of aryl methyl sites for hydroxylation is 1. The van der Waals surface area contributed by atoms with Crippen LogP contribution in [-0.2, 0) is 11.3 Å². The van der Waals surface area contributed by atoms with E-state index >= 15 is 0 Å². The lowest BCUT2D eigenvalue weighted by Gasteiger charge is -2.03. The summed E-state index contributed by atoms with van der Waals surface area (Å²) in [5, 5.41) is 10.4. The van der Waals surface area contributed by atoms with Gasteiger partial charge in [0.2, 0.25) is 0 Å². The fraction of sp³-hybridized carbons (Fsp3) is 0.417. The second kappa shape index (κ2) is 6.19. The van der Waals surface area contributed by atoms with E-state index in [1.54, 1.807) is 0 Å². The Morgan fingerprint density at radius 3 is 2.73 bits per heavy atom. The number of hydrogen-bond acceptors (Lipinski definition) is 2. The van der Waals surface area contributed by atoms with Gasteiger partial charge in [-0.3, -0.25) is 4.79 Å². The first-order chi connectivity index (χ1) is 7.26. The van der Waals surface area contributed by atoms with Crippen LogP contribution in [0.15, 0.2) is 24.3 Å². The Balaban J connectivity index is 0.000000337. The fourth-order valence-corrected chi connectivity index (χ4v) is 1.37. The number of carbonyl (C=O) groups is 1. The molecule has 0 heterocycles. The summed E-state index contributed by atoms with van der Waals surface area (Å²) in [4.78, 5) is 8.36. The smallest absolute Gasteiger partial charge is 0.290 e. The van der Waals surface area contributed by atoms with Gasteiger partial charge in [0.25, 0.3) is 6.47 Å². The molecule has 0 aliphatic heterocycles. The highest BCUT2D eigenvalue weighted by atomic mass is 16.3. The summed E-state index contributed by atoms with van der Waals surface area (Å²) in [7, 11) is 0. The van der Waals surface area contributed by atoms with Gasteiger partial charge in [-0.2, -0.15) is 0 Å². The van der Waals surface area contributed by atoms with Gasteiger partial charge in [-0.05, 0) is 25.3 Å². The normalized spacial score (nSPS) is 13.9. The van der Waals surface area contributed by atoms with Gasteiger partial charge in [-0.1, -0.05) is 29.8 Å². The van der Waals surface area contributed by atoms with Gasteiger partial charge in [-0.25, -0.2) is 0 Å². The first-order valence-corrected chi connectivity index (χ1v) is 5.13. The van der Waals surface area contributed by atoms with Crippen molar-refractivity contribution in [2.24, 2.45) is 0 Å². The lowest BCUT2D eigenvalue weighted by atomic mass is 10.1. The molecule has 1 saturated carbocycles. The summed E-state index contributed by atoms with van der Waals surface area (Å²) in [5.74, 6) is 0. The highest BCUT2D eigenvalue weighted by molar-refractivity contribution is 5.32. The van der Waals surface area contributed by atoms with E-state index in [1.165, 1.54) is 24.0 Å². The van der Waals surface area contributed by atoms with Crippen molar-refractivity contribution in [2.45, 2.75) is 32.4 Å². The maximum absolute atomic E-state index is 8.36. The molecule has 0 atom stereocenters. The maximum Gasteiger partial charge on any atom is 0.290 e. The third-order valence-electron chi connectivity index (χ3n) is 2.25. The summed E-state index contributed by atoms with van der Waals surface area (Å²) in [6.07, 6.45) is 2.73. The van der Waals surface area contributed by atoms with E-state index in [0.717, 1.165) is 12.6 Å². The predicted molar refractivity (Wildman–Crippen MR) is 59.7 cm³/mol. The van der Waals surface area contributed by atoms with Crippen molar-refractivity contribution in [3.8, 4) is 0 Å². The average Bonchev–Trinajstić information content (AvgIpc) is 2.99. The van der Waals surface area contributed by atoms with Crippen LogP contribution in [0.3, 0.4) is 0 Å². The zero-order valence-corrected chi connectivity index (χ0v) is 8.94. The van der Waals surface area contributed by atoms with Crippen LogP contribution in [0.4, 0.5) is 0 Å². The van der Waals surface area contributed by atoms with Crippen LogP contribution in [0.2, 0.25) is 0 Å². The van der Waals surface area contributed by atoms with Gasteiger partial charge in [0.15, 0.2) is 0 Å². The van der Waals surface area contributed by atoms with E-state index in [0.29, 0.717) is 0 Å². The van der Waals surface area contributed by atoms with Crippen LogP contribution >= 0.6 is 0 Å². The Morgan fingerprint density at radius 2 is 2.20 bits per heavy atom. The molecule has 0 radical (unpaired) electrons. The van der Waals surface area contributed by atoms with Crippen molar-refractivity contribution < 1.29 is 9.90 Å². The highest BCUT2D eigenvalue weighted by Crippen LogP contribution is 2.19. The van der Waals surface area contributed by atoms with Crippen LogP contribution in [0, 0.1) is 6.92 Å². The minimum atomic E-state index is -0.250. The molecule has 82 valence electrons. The van der Waals surface area contributed by atoms with E-state index in [-0.39, 0.29) is 6.47 Å². The maximum atomic E-state index is 8.36. The highest BCUT2D eigenvalue weighted by Gasteiger charge is 2.19. The molecule has 3 heteroatoms. The lowest BCUT2D eigenvalue weighted by molar-refractivity contribution is -0.122. The number of hydrogen-bond donors (Lipinski definition) is 2.